The topological polar surface area (TPSA) is 70.1 Å². The average Bonchev–Trinajstić information content (AvgIpc) is 3.05. The van der Waals surface area contributed by atoms with Crippen LogP contribution in [0.15, 0.2) is 54.1 Å². The molecular weight excluding hydrogens is 440 g/mol. The molecule has 1 atom stereocenters. The van der Waals surface area contributed by atoms with Crippen LogP contribution in [0.1, 0.15) is 44.9 Å². The van der Waals surface area contributed by atoms with Crippen LogP contribution in [0.5, 0.6) is 5.75 Å². The summed E-state index contributed by atoms with van der Waals surface area (Å²) >= 11 is 6.07. The smallest absolute Gasteiger partial charge is 0.295 e. The molecule has 7 heteroatoms. The predicted molar refractivity (Wildman–Crippen MR) is 130 cm³/mol. The molecule has 0 radical (unpaired) electrons. The third-order valence-electron chi connectivity index (χ3n) is 5.78. The Bertz CT molecular complexity index is 1010. The molecule has 176 valence electrons. The van der Waals surface area contributed by atoms with E-state index in [0.717, 1.165) is 18.7 Å². The van der Waals surface area contributed by atoms with E-state index in [1.165, 1.54) is 0 Å². The van der Waals surface area contributed by atoms with Crippen LogP contribution in [0.4, 0.5) is 0 Å². The molecule has 3 rings (SSSR count). The molecule has 1 aliphatic rings. The Morgan fingerprint density at radius 2 is 1.67 bits per heavy atom. The average molecular weight is 471 g/mol. The summed E-state index contributed by atoms with van der Waals surface area (Å²) in [4.78, 5) is 29.9. The number of hydrogen-bond acceptors (Lipinski definition) is 5. The van der Waals surface area contributed by atoms with Gasteiger partial charge in [-0.15, -0.1) is 0 Å². The molecule has 1 heterocycles. The van der Waals surface area contributed by atoms with E-state index in [1.807, 2.05) is 13.8 Å². The van der Waals surface area contributed by atoms with Gasteiger partial charge in [0.2, 0.25) is 0 Å². The van der Waals surface area contributed by atoms with Gasteiger partial charge in [0.25, 0.3) is 11.7 Å². The second kappa shape index (κ2) is 10.9. The number of halogens is 1. The second-order valence-electron chi connectivity index (χ2n) is 8.26. The van der Waals surface area contributed by atoms with Gasteiger partial charge in [0.15, 0.2) is 0 Å². The van der Waals surface area contributed by atoms with Gasteiger partial charge in [-0.25, -0.2) is 0 Å². The van der Waals surface area contributed by atoms with Crippen molar-refractivity contribution in [1.82, 2.24) is 9.80 Å². The normalized spacial score (nSPS) is 17.9. The molecule has 1 amide bonds. The summed E-state index contributed by atoms with van der Waals surface area (Å²) < 4.78 is 5.66. The third-order valence-corrected chi connectivity index (χ3v) is 6.03. The van der Waals surface area contributed by atoms with Crippen molar-refractivity contribution < 1.29 is 19.4 Å². The van der Waals surface area contributed by atoms with Crippen molar-refractivity contribution >= 4 is 29.1 Å². The number of carbonyl (C=O) groups is 2. The van der Waals surface area contributed by atoms with Crippen molar-refractivity contribution in [2.45, 2.75) is 39.8 Å². The van der Waals surface area contributed by atoms with E-state index in [4.69, 9.17) is 16.3 Å². The quantitative estimate of drug-likeness (QED) is 0.321. The van der Waals surface area contributed by atoms with Gasteiger partial charge in [0, 0.05) is 23.7 Å². The fourth-order valence-electron chi connectivity index (χ4n) is 4.01. The lowest BCUT2D eigenvalue weighted by molar-refractivity contribution is -0.140. The van der Waals surface area contributed by atoms with E-state index in [0.29, 0.717) is 29.4 Å². The fraction of sp³-hybridized carbons (Fsp3) is 0.385. The minimum absolute atomic E-state index is 0.0190. The van der Waals surface area contributed by atoms with Gasteiger partial charge >= 0.3 is 0 Å². The first-order valence-electron chi connectivity index (χ1n) is 11.3. The highest BCUT2D eigenvalue weighted by molar-refractivity contribution is 6.46. The van der Waals surface area contributed by atoms with Crippen LogP contribution < -0.4 is 4.74 Å². The lowest BCUT2D eigenvalue weighted by Crippen LogP contribution is -2.38. The minimum atomic E-state index is -0.690. The van der Waals surface area contributed by atoms with Crippen LogP contribution in [-0.2, 0) is 9.59 Å². The molecule has 0 saturated carbocycles. The van der Waals surface area contributed by atoms with E-state index in [-0.39, 0.29) is 17.4 Å². The Kier molecular flexibility index (Phi) is 8.16. The molecule has 1 saturated heterocycles. The van der Waals surface area contributed by atoms with Crippen molar-refractivity contribution in [1.29, 1.82) is 0 Å². The molecule has 0 spiro atoms. The number of aliphatic hydroxyl groups is 1. The first kappa shape index (κ1) is 24.8. The van der Waals surface area contributed by atoms with Gasteiger partial charge < -0.3 is 19.6 Å². The monoisotopic (exact) mass is 470 g/mol. The predicted octanol–water partition coefficient (Wildman–Crippen LogP) is 4.89. The second-order valence-corrected chi connectivity index (χ2v) is 8.70. The number of aliphatic hydroxyl groups excluding tert-OH is 1. The number of amides is 1. The Morgan fingerprint density at radius 3 is 2.21 bits per heavy atom. The van der Waals surface area contributed by atoms with Gasteiger partial charge in [0.1, 0.15) is 11.5 Å². The van der Waals surface area contributed by atoms with Crippen molar-refractivity contribution in [3.05, 3.63) is 70.3 Å². The van der Waals surface area contributed by atoms with Gasteiger partial charge in [-0.2, -0.15) is 0 Å². The van der Waals surface area contributed by atoms with Crippen LogP contribution in [0.3, 0.4) is 0 Å². The number of Topliss-reactive ketones (excluding diaryl/α,β-unsaturated/α-hetero) is 1. The Balaban J connectivity index is 2.04. The molecule has 33 heavy (non-hydrogen) atoms. The highest BCUT2D eigenvalue weighted by atomic mass is 35.5. The Morgan fingerprint density at radius 1 is 1.06 bits per heavy atom. The van der Waals surface area contributed by atoms with Gasteiger partial charge in [-0.3, -0.25) is 9.59 Å². The first-order chi connectivity index (χ1) is 15.8. The number of likely N-dealkylation sites (tertiary alicyclic amines) is 1. The molecule has 1 N–H and O–H groups in total. The van der Waals surface area contributed by atoms with E-state index in [2.05, 4.69) is 18.7 Å². The van der Waals surface area contributed by atoms with Crippen LogP contribution >= 0.6 is 11.6 Å². The molecule has 1 fully saturated rings. The largest absolute Gasteiger partial charge is 0.507 e. The van der Waals surface area contributed by atoms with E-state index >= 15 is 0 Å². The number of ketones is 1. The Hall–Kier alpha value is -2.83. The van der Waals surface area contributed by atoms with Gasteiger partial charge in [-0.1, -0.05) is 37.6 Å². The third kappa shape index (κ3) is 5.57. The summed E-state index contributed by atoms with van der Waals surface area (Å²) in [6.45, 7) is 10.7. The number of likely N-dealkylation sites (N-methyl/N-ethyl adjacent to an activating group) is 1. The summed E-state index contributed by atoms with van der Waals surface area (Å²) in [6.07, 6.45) is 0.0190. The van der Waals surface area contributed by atoms with E-state index in [9.17, 15) is 14.7 Å². The van der Waals surface area contributed by atoms with Gasteiger partial charge in [0.05, 0.1) is 17.7 Å². The van der Waals surface area contributed by atoms with E-state index < -0.39 is 17.7 Å². The van der Waals surface area contributed by atoms with Crippen LogP contribution in [0.25, 0.3) is 5.76 Å². The Labute approximate surface area is 200 Å². The first-order valence-corrected chi connectivity index (χ1v) is 11.7. The lowest BCUT2D eigenvalue weighted by Gasteiger charge is -2.28. The lowest BCUT2D eigenvalue weighted by atomic mass is 9.95. The highest BCUT2D eigenvalue weighted by Crippen LogP contribution is 2.39. The van der Waals surface area contributed by atoms with Crippen LogP contribution in [0, 0.1) is 0 Å². The molecule has 0 unspecified atom stereocenters. The summed E-state index contributed by atoms with van der Waals surface area (Å²) in [6, 6.07) is 13.2. The molecule has 0 aliphatic carbocycles. The number of rotatable bonds is 9. The zero-order valence-corrected chi connectivity index (χ0v) is 20.3. The molecule has 1 aliphatic heterocycles. The van der Waals surface area contributed by atoms with Crippen molar-refractivity contribution in [2.75, 3.05) is 26.2 Å². The molecule has 0 bridgehead atoms. The van der Waals surface area contributed by atoms with Crippen LogP contribution in [-0.4, -0.2) is 58.9 Å². The number of ether oxygens (including phenoxy) is 1. The molecule has 2 aromatic rings. The highest BCUT2D eigenvalue weighted by Gasteiger charge is 2.45. The van der Waals surface area contributed by atoms with Crippen molar-refractivity contribution in [3.63, 3.8) is 0 Å². The number of benzene rings is 2. The summed E-state index contributed by atoms with van der Waals surface area (Å²) in [5.41, 5.74) is 1.26. The maximum Gasteiger partial charge on any atom is 0.295 e. The minimum Gasteiger partial charge on any atom is -0.507 e. The van der Waals surface area contributed by atoms with Crippen molar-refractivity contribution in [2.24, 2.45) is 0 Å². The summed E-state index contributed by atoms with van der Waals surface area (Å²) in [5, 5.41) is 11.7. The van der Waals surface area contributed by atoms with Crippen molar-refractivity contribution in [3.8, 4) is 5.75 Å². The maximum atomic E-state index is 13.1. The van der Waals surface area contributed by atoms with Crippen LogP contribution in [0.2, 0.25) is 5.02 Å². The van der Waals surface area contributed by atoms with Gasteiger partial charge in [-0.05, 0) is 68.9 Å². The number of hydrogen-bond donors (Lipinski definition) is 1. The zero-order valence-electron chi connectivity index (χ0n) is 19.5. The number of nitrogens with zero attached hydrogens (tertiary/aromatic N) is 2. The molecule has 6 nitrogen and oxygen atoms in total. The molecule has 2 aromatic carbocycles. The summed E-state index contributed by atoms with van der Waals surface area (Å²) in [7, 11) is 0. The SMILES string of the molecule is CCN(CC)CCN1C(=O)C(=O)/C(=C(/O)c2ccc(OC(C)C)cc2)[C@@H]1c1ccc(Cl)cc1. The van der Waals surface area contributed by atoms with E-state index in [1.54, 1.807) is 53.4 Å². The summed E-state index contributed by atoms with van der Waals surface area (Å²) in [5.74, 6) is -0.830. The fourth-order valence-corrected chi connectivity index (χ4v) is 4.14. The number of carbonyl (C=O) groups excluding carboxylic acids is 2. The standard InChI is InChI=1S/C26H31ClN2O4/c1-5-28(6-2)15-16-29-23(18-7-11-20(27)12-8-18)22(25(31)26(29)32)24(30)19-9-13-21(14-10-19)33-17(3)4/h7-14,17,23,30H,5-6,15-16H2,1-4H3/b24-22+/t23-/m0/s1. The zero-order chi connectivity index (χ0) is 24.1. The maximum absolute atomic E-state index is 13.1. The molecular formula is C26H31ClN2O4. The molecule has 0 aromatic heterocycles.